The van der Waals surface area contributed by atoms with Gasteiger partial charge in [-0.2, -0.15) is 0 Å². The predicted octanol–water partition coefficient (Wildman–Crippen LogP) is 4.93. The highest BCUT2D eigenvalue weighted by Crippen LogP contribution is 2.35. The zero-order valence-electron chi connectivity index (χ0n) is 11.4. The van der Waals surface area contributed by atoms with Gasteiger partial charge >= 0.3 is 0 Å². The lowest BCUT2D eigenvalue weighted by Crippen LogP contribution is -2.18. The van der Waals surface area contributed by atoms with Crippen LogP contribution >= 0.6 is 0 Å². The Hall–Kier alpha value is -0.550. The first kappa shape index (κ1) is 14.5. The Morgan fingerprint density at radius 3 is 2.59 bits per heavy atom. The van der Waals surface area contributed by atoms with E-state index in [4.69, 9.17) is 0 Å². The van der Waals surface area contributed by atoms with Gasteiger partial charge in [0.05, 0.1) is 0 Å². The Morgan fingerprint density at radius 1 is 1.18 bits per heavy atom. The molecule has 98 valence electrons. The molecular formula is C16H28O. The van der Waals surface area contributed by atoms with Crippen LogP contribution in [0.15, 0.2) is 6.08 Å². The van der Waals surface area contributed by atoms with E-state index < -0.39 is 0 Å². The van der Waals surface area contributed by atoms with Crippen molar-refractivity contribution in [3.63, 3.8) is 0 Å². The maximum atomic E-state index is 10.2. The second kappa shape index (κ2) is 9.48. The molecule has 1 aliphatic carbocycles. The molecule has 0 spiro atoms. The highest BCUT2D eigenvalue weighted by Gasteiger charge is 2.22. The van der Waals surface area contributed by atoms with E-state index >= 15 is 0 Å². The average molecular weight is 236 g/mol. The fraction of sp³-hybridized carbons (Fsp3) is 0.875. The van der Waals surface area contributed by atoms with E-state index in [0.717, 1.165) is 18.3 Å². The normalized spacial score (nSPS) is 18.6. The number of unbranched alkanes of at least 4 members (excludes halogenated alkanes) is 2. The van der Waals surface area contributed by atoms with Gasteiger partial charge in [0.2, 0.25) is 0 Å². The van der Waals surface area contributed by atoms with Crippen LogP contribution in [0.1, 0.15) is 77.6 Å². The molecule has 0 aromatic heterocycles. The van der Waals surface area contributed by atoms with Gasteiger partial charge in [0, 0.05) is 0 Å². The van der Waals surface area contributed by atoms with E-state index in [-0.39, 0.29) is 0 Å². The van der Waals surface area contributed by atoms with Crippen molar-refractivity contribution in [2.24, 2.45) is 11.8 Å². The van der Waals surface area contributed by atoms with Crippen molar-refractivity contribution >= 4 is 5.94 Å². The van der Waals surface area contributed by atoms with E-state index in [9.17, 15) is 4.79 Å². The van der Waals surface area contributed by atoms with Crippen molar-refractivity contribution < 1.29 is 4.79 Å². The monoisotopic (exact) mass is 236 g/mol. The first-order valence-corrected chi connectivity index (χ1v) is 7.57. The lowest BCUT2D eigenvalue weighted by Gasteiger charge is -2.30. The Balaban J connectivity index is 2.35. The molecule has 0 aliphatic heterocycles. The van der Waals surface area contributed by atoms with Crippen molar-refractivity contribution in [1.29, 1.82) is 0 Å². The van der Waals surface area contributed by atoms with Crippen LogP contribution in [0.2, 0.25) is 0 Å². The third-order valence-electron chi connectivity index (χ3n) is 4.26. The molecule has 0 N–H and O–H groups in total. The van der Waals surface area contributed by atoms with Crippen LogP contribution in [0.25, 0.3) is 0 Å². The second-order valence-corrected chi connectivity index (χ2v) is 5.55. The minimum atomic E-state index is 0.867. The maximum Gasteiger partial charge on any atom is 0.120 e. The predicted molar refractivity (Wildman–Crippen MR) is 73.7 cm³/mol. The minimum Gasteiger partial charge on any atom is -0.234 e. The molecule has 1 unspecified atom stereocenters. The first-order valence-electron chi connectivity index (χ1n) is 7.57. The molecule has 1 fully saturated rings. The lowest BCUT2D eigenvalue weighted by molar-refractivity contribution is 0.221. The van der Waals surface area contributed by atoms with Gasteiger partial charge in [-0.15, -0.1) is 0 Å². The summed E-state index contributed by atoms with van der Waals surface area (Å²) in [5.74, 6) is 3.73. The molecule has 1 rings (SSSR count). The number of allylic oxidation sites excluding steroid dienone is 1. The number of carbonyl (C=O) groups excluding carboxylic acids is 1. The lowest BCUT2D eigenvalue weighted by atomic mass is 9.76. The zero-order chi connectivity index (χ0) is 12.3. The third kappa shape index (κ3) is 6.07. The van der Waals surface area contributed by atoms with E-state index in [1.807, 2.05) is 5.94 Å². The quantitative estimate of drug-likeness (QED) is 0.431. The van der Waals surface area contributed by atoms with Crippen molar-refractivity contribution in [2.75, 3.05) is 0 Å². The van der Waals surface area contributed by atoms with Crippen molar-refractivity contribution in [2.45, 2.75) is 77.6 Å². The van der Waals surface area contributed by atoms with Crippen LogP contribution < -0.4 is 0 Å². The summed E-state index contributed by atoms with van der Waals surface area (Å²) in [7, 11) is 0. The molecule has 17 heavy (non-hydrogen) atoms. The molecule has 0 radical (unpaired) electrons. The summed E-state index contributed by atoms with van der Waals surface area (Å²) in [6, 6.07) is 0. The van der Waals surface area contributed by atoms with Crippen LogP contribution in [-0.2, 0) is 4.79 Å². The van der Waals surface area contributed by atoms with Gasteiger partial charge in [0.1, 0.15) is 5.94 Å². The SMILES string of the molecule is CCCCCC(CCC=C=O)C1CCCCC1. The smallest absolute Gasteiger partial charge is 0.120 e. The maximum absolute atomic E-state index is 10.2. The molecule has 1 nitrogen and oxygen atoms in total. The van der Waals surface area contributed by atoms with Crippen molar-refractivity contribution in [1.82, 2.24) is 0 Å². The van der Waals surface area contributed by atoms with Gasteiger partial charge in [-0.1, -0.05) is 64.7 Å². The summed E-state index contributed by atoms with van der Waals surface area (Å²) in [6.07, 6.45) is 16.4. The molecule has 1 saturated carbocycles. The average Bonchev–Trinajstić information content (AvgIpc) is 2.38. The van der Waals surface area contributed by atoms with Crippen LogP contribution in [0.3, 0.4) is 0 Å². The third-order valence-corrected chi connectivity index (χ3v) is 4.26. The summed E-state index contributed by atoms with van der Waals surface area (Å²) in [5, 5.41) is 0. The largest absolute Gasteiger partial charge is 0.234 e. The van der Waals surface area contributed by atoms with Gasteiger partial charge in [0.15, 0.2) is 0 Å². The van der Waals surface area contributed by atoms with Gasteiger partial charge in [-0.05, 0) is 30.8 Å². The number of hydrogen-bond acceptors (Lipinski definition) is 1. The second-order valence-electron chi connectivity index (χ2n) is 5.55. The van der Waals surface area contributed by atoms with Gasteiger partial charge in [-0.3, -0.25) is 0 Å². The standard InChI is InChI=1S/C16H28O/c1-2-3-5-10-15(13-8-9-14-17)16-11-6-4-7-12-16/h9,15-16H,2-8,10-13H2,1H3. The molecule has 0 saturated heterocycles. The molecule has 1 atom stereocenters. The Kier molecular flexibility index (Phi) is 8.09. The molecule has 0 heterocycles. The number of rotatable bonds is 8. The summed E-state index contributed by atoms with van der Waals surface area (Å²) >= 11 is 0. The summed E-state index contributed by atoms with van der Waals surface area (Å²) in [4.78, 5) is 10.2. The van der Waals surface area contributed by atoms with Crippen LogP contribution in [-0.4, -0.2) is 5.94 Å². The van der Waals surface area contributed by atoms with Crippen LogP contribution in [0, 0.1) is 11.8 Å². The summed E-state index contributed by atoms with van der Waals surface area (Å²) in [6.45, 7) is 2.27. The minimum absolute atomic E-state index is 0.867. The summed E-state index contributed by atoms with van der Waals surface area (Å²) in [5.41, 5.74) is 0. The fourth-order valence-electron chi connectivity index (χ4n) is 3.23. The molecule has 0 aromatic rings. The molecule has 0 bridgehead atoms. The Labute approximate surface area is 107 Å². The van der Waals surface area contributed by atoms with E-state index in [0.29, 0.717) is 0 Å². The van der Waals surface area contributed by atoms with Crippen molar-refractivity contribution in [3.05, 3.63) is 6.08 Å². The zero-order valence-corrected chi connectivity index (χ0v) is 11.4. The van der Waals surface area contributed by atoms with Gasteiger partial charge < -0.3 is 0 Å². The van der Waals surface area contributed by atoms with Crippen LogP contribution in [0.4, 0.5) is 0 Å². The van der Waals surface area contributed by atoms with Crippen molar-refractivity contribution in [3.8, 4) is 0 Å². The van der Waals surface area contributed by atoms with E-state index in [1.165, 1.54) is 64.2 Å². The first-order chi connectivity index (χ1) is 8.38. The Morgan fingerprint density at radius 2 is 1.94 bits per heavy atom. The highest BCUT2D eigenvalue weighted by molar-refractivity contribution is 5.44. The van der Waals surface area contributed by atoms with Gasteiger partial charge in [0.25, 0.3) is 0 Å². The Bertz CT molecular complexity index is 222. The van der Waals surface area contributed by atoms with Gasteiger partial charge in [-0.25, -0.2) is 4.79 Å². The topological polar surface area (TPSA) is 17.1 Å². The molecule has 0 amide bonds. The molecular weight excluding hydrogens is 208 g/mol. The fourth-order valence-corrected chi connectivity index (χ4v) is 3.23. The highest BCUT2D eigenvalue weighted by atomic mass is 16.1. The summed E-state index contributed by atoms with van der Waals surface area (Å²) < 4.78 is 0. The van der Waals surface area contributed by atoms with E-state index in [1.54, 1.807) is 6.08 Å². The van der Waals surface area contributed by atoms with E-state index in [2.05, 4.69) is 6.92 Å². The molecule has 0 aromatic carbocycles. The van der Waals surface area contributed by atoms with Crippen LogP contribution in [0.5, 0.6) is 0 Å². The molecule has 1 aliphatic rings. The molecule has 1 heteroatoms. The number of hydrogen-bond donors (Lipinski definition) is 0.